The average Bonchev–Trinajstić information content (AvgIpc) is 2.87. The lowest BCUT2D eigenvalue weighted by Gasteiger charge is -2.30. The molecule has 1 rings (SSSR count). The number of sulfonamides is 1. The minimum Gasteiger partial charge on any atom is -0.469 e. The second-order valence-electron chi connectivity index (χ2n) is 5.10. The van der Waals surface area contributed by atoms with Crippen LogP contribution in [0.4, 0.5) is 0 Å². The van der Waals surface area contributed by atoms with Crippen LogP contribution in [0.25, 0.3) is 0 Å². The summed E-state index contributed by atoms with van der Waals surface area (Å²) in [5, 5.41) is -0.617. The van der Waals surface area contributed by atoms with Gasteiger partial charge in [-0.1, -0.05) is 20.3 Å². The second kappa shape index (κ2) is 6.70. The molecule has 3 atom stereocenters. The molecule has 1 aliphatic carbocycles. The molecule has 0 aromatic heterocycles. The van der Waals surface area contributed by atoms with E-state index >= 15 is 0 Å². The Balaban J connectivity index is 3.01. The second-order valence-corrected chi connectivity index (χ2v) is 7.21. The minimum absolute atomic E-state index is 0.0334. The molecule has 0 bridgehead atoms. The van der Waals surface area contributed by atoms with Crippen molar-refractivity contribution in [2.45, 2.75) is 57.7 Å². The molecule has 0 radical (unpaired) electrons. The summed E-state index contributed by atoms with van der Waals surface area (Å²) >= 11 is 0. The van der Waals surface area contributed by atoms with Crippen molar-refractivity contribution in [3.63, 3.8) is 0 Å². The van der Waals surface area contributed by atoms with E-state index in [4.69, 9.17) is 4.74 Å². The van der Waals surface area contributed by atoms with Gasteiger partial charge >= 0.3 is 5.97 Å². The van der Waals surface area contributed by atoms with E-state index in [0.29, 0.717) is 19.4 Å². The van der Waals surface area contributed by atoms with E-state index < -0.39 is 27.2 Å². The Morgan fingerprint density at radius 3 is 2.47 bits per heavy atom. The van der Waals surface area contributed by atoms with E-state index in [2.05, 4.69) is 0 Å². The summed E-state index contributed by atoms with van der Waals surface area (Å²) < 4.78 is 31.7. The zero-order chi connectivity index (χ0) is 14.6. The maximum absolute atomic E-state index is 12.7. The van der Waals surface area contributed by atoms with Gasteiger partial charge in [-0.15, -0.1) is 0 Å². The van der Waals surface area contributed by atoms with Crippen LogP contribution in [-0.2, 0) is 19.6 Å². The topological polar surface area (TPSA) is 63.7 Å². The van der Waals surface area contributed by atoms with Crippen LogP contribution < -0.4 is 0 Å². The van der Waals surface area contributed by atoms with Gasteiger partial charge in [-0.2, -0.15) is 4.31 Å². The lowest BCUT2D eigenvalue weighted by atomic mass is 10.1. The third kappa shape index (κ3) is 3.28. The van der Waals surface area contributed by atoms with Crippen molar-refractivity contribution < 1.29 is 17.9 Å². The fourth-order valence-corrected chi connectivity index (χ4v) is 5.31. The molecule has 0 spiro atoms. The molecule has 1 fully saturated rings. The van der Waals surface area contributed by atoms with Crippen molar-refractivity contribution in [1.29, 1.82) is 0 Å². The Labute approximate surface area is 116 Å². The van der Waals surface area contributed by atoms with Crippen LogP contribution in [0, 0.1) is 5.92 Å². The monoisotopic (exact) mass is 291 g/mol. The zero-order valence-corrected chi connectivity index (χ0v) is 13.1. The van der Waals surface area contributed by atoms with E-state index in [9.17, 15) is 13.2 Å². The first-order valence-electron chi connectivity index (χ1n) is 6.98. The molecule has 3 unspecified atom stereocenters. The SMILES string of the molecule is CCC(C)N(CC)S(=O)(=O)C1CCCC1C(=O)OC. The zero-order valence-electron chi connectivity index (χ0n) is 12.3. The first-order chi connectivity index (χ1) is 8.89. The summed E-state index contributed by atoms with van der Waals surface area (Å²) in [5.41, 5.74) is 0. The molecular formula is C13H25NO4S. The fourth-order valence-electron chi connectivity index (χ4n) is 2.82. The average molecular weight is 291 g/mol. The molecule has 112 valence electrons. The molecule has 1 aliphatic rings. The van der Waals surface area contributed by atoms with Crippen molar-refractivity contribution in [3.8, 4) is 0 Å². The Kier molecular flexibility index (Phi) is 5.80. The molecule has 0 aromatic rings. The first kappa shape index (κ1) is 16.4. The van der Waals surface area contributed by atoms with E-state index in [-0.39, 0.29) is 6.04 Å². The maximum Gasteiger partial charge on any atom is 0.310 e. The highest BCUT2D eigenvalue weighted by molar-refractivity contribution is 7.89. The van der Waals surface area contributed by atoms with Gasteiger partial charge in [0.2, 0.25) is 10.0 Å². The molecule has 0 amide bonds. The van der Waals surface area contributed by atoms with Gasteiger partial charge in [-0.3, -0.25) is 4.79 Å². The van der Waals surface area contributed by atoms with Crippen LogP contribution in [0.3, 0.4) is 0 Å². The molecule has 0 aromatic carbocycles. The highest BCUT2D eigenvalue weighted by Gasteiger charge is 2.45. The Bertz CT molecular complexity index is 407. The number of ether oxygens (including phenoxy) is 1. The number of carbonyl (C=O) groups is 1. The molecule has 0 saturated heterocycles. The van der Waals surface area contributed by atoms with Gasteiger partial charge in [0.15, 0.2) is 0 Å². The molecule has 0 aliphatic heterocycles. The Morgan fingerprint density at radius 1 is 1.37 bits per heavy atom. The molecule has 0 heterocycles. The van der Waals surface area contributed by atoms with Crippen molar-refractivity contribution in [3.05, 3.63) is 0 Å². The summed E-state index contributed by atoms with van der Waals surface area (Å²) in [6.07, 6.45) is 2.69. The molecule has 19 heavy (non-hydrogen) atoms. The number of hydrogen-bond acceptors (Lipinski definition) is 4. The van der Waals surface area contributed by atoms with Crippen molar-refractivity contribution in [2.75, 3.05) is 13.7 Å². The first-order valence-corrected chi connectivity index (χ1v) is 8.48. The van der Waals surface area contributed by atoms with Gasteiger partial charge < -0.3 is 4.74 Å². The number of carbonyl (C=O) groups excluding carboxylic acids is 1. The number of nitrogens with zero attached hydrogens (tertiary/aromatic N) is 1. The lowest BCUT2D eigenvalue weighted by molar-refractivity contribution is -0.145. The smallest absolute Gasteiger partial charge is 0.310 e. The van der Waals surface area contributed by atoms with Crippen LogP contribution >= 0.6 is 0 Å². The quantitative estimate of drug-likeness (QED) is 0.700. The molecule has 1 saturated carbocycles. The summed E-state index contributed by atoms with van der Waals surface area (Å²) in [6.45, 7) is 6.16. The van der Waals surface area contributed by atoms with E-state index in [0.717, 1.165) is 12.8 Å². The third-order valence-electron chi connectivity index (χ3n) is 4.06. The summed E-state index contributed by atoms with van der Waals surface area (Å²) in [5.74, 6) is -0.903. The predicted octanol–water partition coefficient (Wildman–Crippen LogP) is 1.78. The lowest BCUT2D eigenvalue weighted by Crippen LogP contribution is -2.46. The summed E-state index contributed by atoms with van der Waals surface area (Å²) in [6, 6.07) is -0.0334. The molecule has 5 nitrogen and oxygen atoms in total. The highest BCUT2D eigenvalue weighted by atomic mass is 32.2. The van der Waals surface area contributed by atoms with Crippen LogP contribution in [0.5, 0.6) is 0 Å². The largest absolute Gasteiger partial charge is 0.469 e. The van der Waals surface area contributed by atoms with Crippen LogP contribution in [-0.4, -0.2) is 43.6 Å². The molecule has 6 heteroatoms. The van der Waals surface area contributed by atoms with Crippen molar-refractivity contribution in [1.82, 2.24) is 4.31 Å². The number of hydrogen-bond donors (Lipinski definition) is 0. The summed E-state index contributed by atoms with van der Waals surface area (Å²) in [4.78, 5) is 11.7. The van der Waals surface area contributed by atoms with Crippen LogP contribution in [0.2, 0.25) is 0 Å². The van der Waals surface area contributed by atoms with Crippen molar-refractivity contribution in [2.24, 2.45) is 5.92 Å². The van der Waals surface area contributed by atoms with Gasteiger partial charge in [-0.25, -0.2) is 8.42 Å². The predicted molar refractivity (Wildman–Crippen MR) is 74.2 cm³/mol. The van der Waals surface area contributed by atoms with Gasteiger partial charge in [0.25, 0.3) is 0 Å². The summed E-state index contributed by atoms with van der Waals surface area (Å²) in [7, 11) is -2.12. The van der Waals surface area contributed by atoms with Gasteiger partial charge in [0.05, 0.1) is 18.3 Å². The van der Waals surface area contributed by atoms with Crippen molar-refractivity contribution >= 4 is 16.0 Å². The molecular weight excluding hydrogens is 266 g/mol. The molecule has 0 N–H and O–H groups in total. The maximum atomic E-state index is 12.7. The minimum atomic E-state index is -3.43. The Hall–Kier alpha value is -0.620. The van der Waals surface area contributed by atoms with E-state index in [1.807, 2.05) is 20.8 Å². The number of methoxy groups -OCH3 is 1. The third-order valence-corrected chi connectivity index (χ3v) is 6.66. The number of rotatable bonds is 6. The van der Waals surface area contributed by atoms with Gasteiger partial charge in [0, 0.05) is 12.6 Å². The van der Waals surface area contributed by atoms with Crippen LogP contribution in [0.1, 0.15) is 46.5 Å². The van der Waals surface area contributed by atoms with E-state index in [1.54, 1.807) is 0 Å². The standard InChI is InChI=1S/C13H25NO4S/c1-5-10(3)14(6-2)19(16,17)12-9-7-8-11(12)13(15)18-4/h10-12H,5-9H2,1-4H3. The van der Waals surface area contributed by atoms with Gasteiger partial charge in [0.1, 0.15) is 0 Å². The van der Waals surface area contributed by atoms with E-state index in [1.165, 1.54) is 11.4 Å². The Morgan fingerprint density at radius 2 is 2.00 bits per heavy atom. The fraction of sp³-hybridized carbons (Fsp3) is 0.923. The number of esters is 1. The highest BCUT2D eigenvalue weighted by Crippen LogP contribution is 2.34. The van der Waals surface area contributed by atoms with Crippen LogP contribution in [0.15, 0.2) is 0 Å². The van der Waals surface area contributed by atoms with Gasteiger partial charge in [-0.05, 0) is 26.2 Å². The normalized spacial score (nSPS) is 25.5.